The van der Waals surface area contributed by atoms with E-state index in [1.165, 1.54) is 0 Å². The van der Waals surface area contributed by atoms with Crippen LogP contribution in [0.5, 0.6) is 0 Å². The summed E-state index contributed by atoms with van der Waals surface area (Å²) >= 11 is 0. The van der Waals surface area contributed by atoms with Crippen molar-refractivity contribution in [3.05, 3.63) is 30.3 Å². The smallest absolute Gasteiger partial charge is 0.407 e. The Morgan fingerprint density at radius 2 is 1.86 bits per heavy atom. The van der Waals surface area contributed by atoms with Crippen molar-refractivity contribution < 1.29 is 14.3 Å². The monoisotopic (exact) mass is 307 g/mol. The molecule has 1 aromatic rings. The van der Waals surface area contributed by atoms with E-state index in [1.54, 1.807) is 32.9 Å². The summed E-state index contributed by atoms with van der Waals surface area (Å²) in [5.74, 6) is -0.233. The van der Waals surface area contributed by atoms with Crippen LogP contribution in [0.2, 0.25) is 0 Å². The number of carbonyl (C=O) groups is 2. The van der Waals surface area contributed by atoms with Crippen LogP contribution >= 0.6 is 0 Å². The number of rotatable bonds is 6. The maximum absolute atomic E-state index is 11.9. The average Bonchev–Trinajstić information content (AvgIpc) is 2.42. The van der Waals surface area contributed by atoms with Gasteiger partial charge in [0.2, 0.25) is 5.91 Å². The number of nitrogens with two attached hydrogens (primary N) is 1. The number of benzene rings is 1. The van der Waals surface area contributed by atoms with E-state index in [1.807, 2.05) is 18.2 Å². The van der Waals surface area contributed by atoms with Crippen LogP contribution in [-0.4, -0.2) is 30.2 Å². The van der Waals surface area contributed by atoms with Gasteiger partial charge in [-0.25, -0.2) is 4.79 Å². The molecule has 0 saturated carbocycles. The van der Waals surface area contributed by atoms with Crippen LogP contribution in [0, 0.1) is 0 Å². The van der Waals surface area contributed by atoms with Crippen molar-refractivity contribution in [2.75, 3.05) is 11.9 Å². The lowest BCUT2D eigenvalue weighted by Gasteiger charge is -2.19. The summed E-state index contributed by atoms with van der Waals surface area (Å²) in [6.45, 7) is 5.82. The Balaban J connectivity index is 2.21. The van der Waals surface area contributed by atoms with Crippen LogP contribution in [0.4, 0.5) is 10.5 Å². The summed E-state index contributed by atoms with van der Waals surface area (Å²) in [4.78, 5) is 23.3. The summed E-state index contributed by atoms with van der Waals surface area (Å²) in [6.07, 6.45) is 0.617. The quantitative estimate of drug-likeness (QED) is 0.703. The van der Waals surface area contributed by atoms with Gasteiger partial charge in [0, 0.05) is 12.2 Å². The Hall–Kier alpha value is -2.08. The molecule has 2 amide bonds. The van der Waals surface area contributed by atoms with Gasteiger partial charge in [0.05, 0.1) is 6.04 Å². The van der Waals surface area contributed by atoms with Crippen molar-refractivity contribution in [3.63, 3.8) is 0 Å². The molecule has 0 bridgehead atoms. The third-order valence-electron chi connectivity index (χ3n) is 2.74. The minimum absolute atomic E-state index is 0.233. The lowest BCUT2D eigenvalue weighted by atomic mass is 10.1. The largest absolute Gasteiger partial charge is 0.444 e. The molecule has 0 aromatic heterocycles. The second-order valence-electron chi connectivity index (χ2n) is 6.03. The lowest BCUT2D eigenvalue weighted by molar-refractivity contribution is -0.117. The zero-order chi connectivity index (χ0) is 16.6. The molecule has 0 aliphatic heterocycles. The molecular weight excluding hydrogens is 282 g/mol. The highest BCUT2D eigenvalue weighted by molar-refractivity contribution is 5.94. The molecule has 0 unspecified atom stereocenters. The summed E-state index contributed by atoms with van der Waals surface area (Å²) < 4.78 is 5.11. The summed E-state index contributed by atoms with van der Waals surface area (Å²) in [5, 5.41) is 5.38. The van der Waals surface area contributed by atoms with E-state index in [9.17, 15) is 9.59 Å². The van der Waals surface area contributed by atoms with Crippen molar-refractivity contribution in [1.29, 1.82) is 0 Å². The highest BCUT2D eigenvalue weighted by Crippen LogP contribution is 2.07. The molecule has 0 heterocycles. The number of hydrogen-bond donors (Lipinski definition) is 3. The third-order valence-corrected chi connectivity index (χ3v) is 2.74. The zero-order valence-electron chi connectivity index (χ0n) is 13.4. The Morgan fingerprint density at radius 3 is 2.45 bits per heavy atom. The van der Waals surface area contributed by atoms with Crippen LogP contribution in [0.15, 0.2) is 30.3 Å². The normalized spacial score (nSPS) is 12.4. The number of ether oxygens (including phenoxy) is 1. The molecular formula is C16H25N3O3. The molecule has 1 aromatic carbocycles. The van der Waals surface area contributed by atoms with Gasteiger partial charge >= 0.3 is 6.09 Å². The lowest BCUT2D eigenvalue weighted by Crippen LogP contribution is -2.37. The average molecular weight is 307 g/mol. The third kappa shape index (κ3) is 7.64. The van der Waals surface area contributed by atoms with Gasteiger partial charge in [0.25, 0.3) is 0 Å². The Morgan fingerprint density at radius 1 is 1.23 bits per heavy atom. The molecule has 0 aliphatic carbocycles. The summed E-state index contributed by atoms with van der Waals surface area (Å²) in [6, 6.07) is 8.54. The van der Waals surface area contributed by atoms with Gasteiger partial charge in [0.1, 0.15) is 5.60 Å². The first-order chi connectivity index (χ1) is 10.3. The maximum Gasteiger partial charge on any atom is 0.407 e. The van der Waals surface area contributed by atoms with E-state index in [-0.39, 0.29) is 5.91 Å². The predicted octanol–water partition coefficient (Wildman–Crippen LogP) is 2.26. The van der Waals surface area contributed by atoms with Crippen LogP contribution in [-0.2, 0) is 9.53 Å². The van der Waals surface area contributed by atoms with Gasteiger partial charge in [-0.05, 0) is 45.7 Å². The minimum Gasteiger partial charge on any atom is -0.444 e. The zero-order valence-corrected chi connectivity index (χ0v) is 13.4. The molecule has 0 radical (unpaired) electrons. The summed E-state index contributed by atoms with van der Waals surface area (Å²) in [5.41, 5.74) is 6.03. The van der Waals surface area contributed by atoms with E-state index in [2.05, 4.69) is 10.6 Å². The van der Waals surface area contributed by atoms with E-state index in [4.69, 9.17) is 10.5 Å². The van der Waals surface area contributed by atoms with Crippen molar-refractivity contribution in [2.24, 2.45) is 5.73 Å². The fourth-order valence-corrected chi connectivity index (χ4v) is 1.71. The van der Waals surface area contributed by atoms with E-state index < -0.39 is 17.7 Å². The first-order valence-corrected chi connectivity index (χ1v) is 7.36. The number of para-hydroxylation sites is 1. The number of hydrogen-bond acceptors (Lipinski definition) is 4. The topological polar surface area (TPSA) is 93.4 Å². The number of alkyl carbamates (subject to hydrolysis) is 1. The molecule has 0 fully saturated rings. The fraction of sp³-hybridized carbons (Fsp3) is 0.500. The van der Waals surface area contributed by atoms with E-state index in [0.717, 1.165) is 5.69 Å². The number of carbonyl (C=O) groups excluding carboxylic acids is 2. The Bertz CT molecular complexity index is 483. The van der Waals surface area contributed by atoms with Crippen LogP contribution < -0.4 is 16.4 Å². The molecule has 1 rings (SSSR count). The molecule has 0 spiro atoms. The molecule has 1 atom stereocenters. The molecule has 4 N–H and O–H groups in total. The first kappa shape index (κ1) is 18.0. The van der Waals surface area contributed by atoms with Gasteiger partial charge in [-0.2, -0.15) is 0 Å². The van der Waals surface area contributed by atoms with Crippen molar-refractivity contribution in [3.8, 4) is 0 Å². The highest BCUT2D eigenvalue weighted by Gasteiger charge is 2.16. The van der Waals surface area contributed by atoms with Gasteiger partial charge < -0.3 is 21.1 Å². The van der Waals surface area contributed by atoms with Crippen molar-refractivity contribution in [1.82, 2.24) is 5.32 Å². The number of anilines is 1. The van der Waals surface area contributed by atoms with Gasteiger partial charge in [0.15, 0.2) is 0 Å². The second-order valence-corrected chi connectivity index (χ2v) is 6.03. The van der Waals surface area contributed by atoms with Crippen LogP contribution in [0.25, 0.3) is 0 Å². The fourth-order valence-electron chi connectivity index (χ4n) is 1.71. The van der Waals surface area contributed by atoms with E-state index in [0.29, 0.717) is 19.4 Å². The molecule has 0 aliphatic rings. The van der Waals surface area contributed by atoms with Gasteiger partial charge in [-0.3, -0.25) is 4.79 Å². The Labute approximate surface area is 131 Å². The molecule has 6 nitrogen and oxygen atoms in total. The molecule has 22 heavy (non-hydrogen) atoms. The van der Waals surface area contributed by atoms with Crippen molar-refractivity contribution in [2.45, 2.75) is 45.3 Å². The minimum atomic E-state index is -0.611. The molecule has 6 heteroatoms. The molecule has 122 valence electrons. The SMILES string of the molecule is CC(C)(C)OC(=O)NCCC[C@H](N)C(=O)Nc1ccccc1. The maximum atomic E-state index is 11.9. The highest BCUT2D eigenvalue weighted by atomic mass is 16.6. The van der Waals surface area contributed by atoms with Crippen LogP contribution in [0.1, 0.15) is 33.6 Å². The first-order valence-electron chi connectivity index (χ1n) is 7.36. The molecule has 0 saturated heterocycles. The van der Waals surface area contributed by atoms with Gasteiger partial charge in [-0.1, -0.05) is 18.2 Å². The summed E-state index contributed by atoms with van der Waals surface area (Å²) in [7, 11) is 0. The second kappa shape index (κ2) is 8.38. The van der Waals surface area contributed by atoms with Gasteiger partial charge in [-0.15, -0.1) is 0 Å². The standard InChI is InChI=1S/C16H25N3O3/c1-16(2,3)22-15(21)18-11-7-10-13(17)14(20)19-12-8-5-4-6-9-12/h4-6,8-9,13H,7,10-11,17H2,1-3H3,(H,18,21)(H,19,20)/t13-/m0/s1. The predicted molar refractivity (Wildman–Crippen MR) is 86.5 cm³/mol. The van der Waals surface area contributed by atoms with Crippen LogP contribution in [0.3, 0.4) is 0 Å². The van der Waals surface area contributed by atoms with E-state index >= 15 is 0 Å². The number of nitrogens with one attached hydrogen (secondary N) is 2. The Kier molecular flexibility index (Phi) is 6.85. The number of amides is 2. The van der Waals surface area contributed by atoms with Crippen molar-refractivity contribution >= 4 is 17.7 Å².